The van der Waals surface area contributed by atoms with Gasteiger partial charge in [-0.2, -0.15) is 0 Å². The summed E-state index contributed by atoms with van der Waals surface area (Å²) >= 11 is 0. The highest BCUT2D eigenvalue weighted by atomic mass is 32.2. The molecule has 1 heterocycles. The van der Waals surface area contributed by atoms with Crippen molar-refractivity contribution < 1.29 is 13.2 Å². The van der Waals surface area contributed by atoms with Crippen LogP contribution >= 0.6 is 0 Å². The van der Waals surface area contributed by atoms with Gasteiger partial charge in [-0.1, -0.05) is 6.42 Å². The Balaban J connectivity index is 2.40. The first-order chi connectivity index (χ1) is 7.85. The molecule has 0 aromatic rings. The summed E-state index contributed by atoms with van der Waals surface area (Å²) in [5.74, 6) is 0.160. The van der Waals surface area contributed by atoms with Gasteiger partial charge in [-0.15, -0.1) is 0 Å². The third-order valence-electron chi connectivity index (χ3n) is 3.10. The highest BCUT2D eigenvalue weighted by Gasteiger charge is 2.24. The Labute approximate surface area is 104 Å². The highest BCUT2D eigenvalue weighted by molar-refractivity contribution is 7.89. The summed E-state index contributed by atoms with van der Waals surface area (Å²) in [6.45, 7) is 4.94. The number of methoxy groups -OCH3 is 1. The molecule has 5 nitrogen and oxygen atoms in total. The van der Waals surface area contributed by atoms with Gasteiger partial charge in [0, 0.05) is 19.7 Å². The molecule has 1 aliphatic heterocycles. The second kappa shape index (κ2) is 6.13. The van der Waals surface area contributed by atoms with Crippen LogP contribution in [0.1, 0.15) is 33.1 Å². The maximum atomic E-state index is 11.9. The Kier molecular flexibility index (Phi) is 5.37. The van der Waals surface area contributed by atoms with Crippen molar-refractivity contribution in [2.75, 3.05) is 26.0 Å². The van der Waals surface area contributed by atoms with Gasteiger partial charge in [0.1, 0.15) is 0 Å². The molecule has 1 aliphatic rings. The van der Waals surface area contributed by atoms with Crippen LogP contribution in [0, 0.1) is 0 Å². The van der Waals surface area contributed by atoms with Crippen molar-refractivity contribution in [2.45, 2.75) is 44.8 Å². The first kappa shape index (κ1) is 14.9. The molecule has 1 saturated heterocycles. The minimum absolute atomic E-state index is 0.0897. The number of hydrogen-bond acceptors (Lipinski definition) is 4. The van der Waals surface area contributed by atoms with E-state index in [1.807, 2.05) is 13.8 Å². The van der Waals surface area contributed by atoms with Gasteiger partial charge in [-0.05, 0) is 33.2 Å². The topological polar surface area (TPSA) is 67.4 Å². The van der Waals surface area contributed by atoms with Crippen molar-refractivity contribution in [1.82, 2.24) is 10.0 Å². The number of hydrogen-bond donors (Lipinski definition) is 2. The molecular weight excluding hydrogens is 240 g/mol. The van der Waals surface area contributed by atoms with Crippen molar-refractivity contribution in [2.24, 2.45) is 0 Å². The number of piperidine rings is 1. The van der Waals surface area contributed by atoms with Gasteiger partial charge < -0.3 is 10.1 Å². The summed E-state index contributed by atoms with van der Waals surface area (Å²) in [6, 6.07) is 0.0897. The van der Waals surface area contributed by atoms with E-state index in [0.717, 1.165) is 25.8 Å². The SMILES string of the molecule is COC(C)(C)CNS(=O)(=O)CC1CCCCN1. The van der Waals surface area contributed by atoms with Gasteiger partial charge in [-0.25, -0.2) is 13.1 Å². The van der Waals surface area contributed by atoms with Crippen molar-refractivity contribution in [1.29, 1.82) is 0 Å². The predicted octanol–water partition coefficient (Wildman–Crippen LogP) is 0.473. The van der Waals surface area contributed by atoms with E-state index < -0.39 is 15.6 Å². The minimum Gasteiger partial charge on any atom is -0.377 e. The molecule has 102 valence electrons. The maximum absolute atomic E-state index is 11.9. The van der Waals surface area contributed by atoms with E-state index in [9.17, 15) is 8.42 Å². The number of rotatable bonds is 6. The lowest BCUT2D eigenvalue weighted by molar-refractivity contribution is 0.0276. The van der Waals surface area contributed by atoms with Crippen molar-refractivity contribution in [3.05, 3.63) is 0 Å². The molecule has 6 heteroatoms. The molecule has 0 aromatic carbocycles. The molecule has 0 radical (unpaired) electrons. The van der Waals surface area contributed by atoms with Crippen LogP contribution in [-0.4, -0.2) is 46.0 Å². The van der Waals surface area contributed by atoms with Gasteiger partial charge in [0.05, 0.1) is 11.4 Å². The van der Waals surface area contributed by atoms with Crippen LogP contribution in [0.2, 0.25) is 0 Å². The molecule has 0 aromatic heterocycles. The smallest absolute Gasteiger partial charge is 0.213 e. The van der Waals surface area contributed by atoms with E-state index in [2.05, 4.69) is 10.0 Å². The summed E-state index contributed by atoms with van der Waals surface area (Å²) in [7, 11) is -1.64. The molecule has 0 amide bonds. The Hall–Kier alpha value is -0.170. The molecule has 1 rings (SSSR count). The molecule has 0 saturated carbocycles. The van der Waals surface area contributed by atoms with Crippen LogP contribution in [0.4, 0.5) is 0 Å². The van der Waals surface area contributed by atoms with Gasteiger partial charge in [-0.3, -0.25) is 0 Å². The molecule has 17 heavy (non-hydrogen) atoms. The van der Waals surface area contributed by atoms with Gasteiger partial charge in [0.25, 0.3) is 0 Å². The second-order valence-corrected chi connectivity index (χ2v) is 7.06. The van der Waals surface area contributed by atoms with Crippen molar-refractivity contribution >= 4 is 10.0 Å². The Bertz CT molecular complexity index is 322. The van der Waals surface area contributed by atoms with E-state index in [1.54, 1.807) is 7.11 Å². The summed E-state index contributed by atoms with van der Waals surface area (Å²) in [5, 5.41) is 3.24. The molecule has 0 bridgehead atoms. The number of nitrogens with one attached hydrogen (secondary N) is 2. The van der Waals surface area contributed by atoms with E-state index in [-0.39, 0.29) is 11.8 Å². The summed E-state index contributed by atoms with van der Waals surface area (Å²) in [5.41, 5.74) is -0.465. The summed E-state index contributed by atoms with van der Waals surface area (Å²) < 4.78 is 31.5. The monoisotopic (exact) mass is 264 g/mol. The molecule has 1 unspecified atom stereocenters. The van der Waals surface area contributed by atoms with Crippen LogP contribution in [0.15, 0.2) is 0 Å². The van der Waals surface area contributed by atoms with E-state index in [1.165, 1.54) is 0 Å². The zero-order chi connectivity index (χ0) is 12.9. The van der Waals surface area contributed by atoms with Crippen LogP contribution in [-0.2, 0) is 14.8 Å². The van der Waals surface area contributed by atoms with Gasteiger partial charge >= 0.3 is 0 Å². The maximum Gasteiger partial charge on any atom is 0.213 e. The fraction of sp³-hybridized carbons (Fsp3) is 1.00. The summed E-state index contributed by atoms with van der Waals surface area (Å²) in [6.07, 6.45) is 3.19. The standard InChI is InChI=1S/C11H24N2O3S/c1-11(2,16-3)9-13-17(14,15)8-10-6-4-5-7-12-10/h10,12-13H,4-9H2,1-3H3. The van der Waals surface area contributed by atoms with Gasteiger partial charge in [0.2, 0.25) is 10.0 Å². The van der Waals surface area contributed by atoms with Gasteiger partial charge in [0.15, 0.2) is 0 Å². The predicted molar refractivity (Wildman–Crippen MR) is 68.5 cm³/mol. The molecule has 1 fully saturated rings. The number of sulfonamides is 1. The molecule has 2 N–H and O–H groups in total. The zero-order valence-electron chi connectivity index (χ0n) is 11.0. The first-order valence-corrected chi connectivity index (χ1v) is 7.76. The van der Waals surface area contributed by atoms with E-state index >= 15 is 0 Å². The third kappa shape index (κ3) is 5.81. The minimum atomic E-state index is -3.22. The lowest BCUT2D eigenvalue weighted by atomic mass is 10.1. The highest BCUT2D eigenvalue weighted by Crippen LogP contribution is 2.10. The van der Waals surface area contributed by atoms with Crippen LogP contribution in [0.5, 0.6) is 0 Å². The lowest BCUT2D eigenvalue weighted by Crippen LogP contribution is -2.46. The summed E-state index contributed by atoms with van der Waals surface area (Å²) in [4.78, 5) is 0. The third-order valence-corrected chi connectivity index (χ3v) is 4.53. The Morgan fingerprint density at radius 1 is 1.41 bits per heavy atom. The van der Waals surface area contributed by atoms with E-state index in [4.69, 9.17) is 4.74 Å². The largest absolute Gasteiger partial charge is 0.377 e. The fourth-order valence-electron chi connectivity index (χ4n) is 1.75. The van der Waals surface area contributed by atoms with E-state index in [0.29, 0.717) is 6.54 Å². The second-order valence-electron chi connectivity index (χ2n) is 5.21. The molecule has 0 aliphatic carbocycles. The van der Waals surface area contributed by atoms with Crippen molar-refractivity contribution in [3.8, 4) is 0 Å². The van der Waals surface area contributed by atoms with Crippen molar-refractivity contribution in [3.63, 3.8) is 0 Å². The Morgan fingerprint density at radius 3 is 2.65 bits per heavy atom. The van der Waals surface area contributed by atoms with Crippen LogP contribution < -0.4 is 10.0 Å². The van der Waals surface area contributed by atoms with Crippen LogP contribution in [0.3, 0.4) is 0 Å². The fourth-order valence-corrected chi connectivity index (χ4v) is 3.25. The molecular formula is C11H24N2O3S. The average Bonchev–Trinajstić information content (AvgIpc) is 2.28. The average molecular weight is 264 g/mol. The first-order valence-electron chi connectivity index (χ1n) is 6.10. The lowest BCUT2D eigenvalue weighted by Gasteiger charge is -2.26. The number of ether oxygens (including phenoxy) is 1. The quantitative estimate of drug-likeness (QED) is 0.732. The van der Waals surface area contributed by atoms with Crippen LogP contribution in [0.25, 0.3) is 0 Å². The molecule has 0 spiro atoms. The normalized spacial score (nSPS) is 22.6. The molecule has 1 atom stereocenters. The Morgan fingerprint density at radius 2 is 2.12 bits per heavy atom. The zero-order valence-corrected chi connectivity index (χ0v) is 11.8.